The summed E-state index contributed by atoms with van der Waals surface area (Å²) in [5, 5.41) is 10.6. The zero-order chi connectivity index (χ0) is 19.8. The monoisotopic (exact) mass is 373 g/mol. The molecule has 27 heavy (non-hydrogen) atoms. The van der Waals surface area contributed by atoms with Crippen molar-refractivity contribution in [2.24, 2.45) is 5.92 Å². The molecule has 1 unspecified atom stereocenters. The zero-order valence-corrected chi connectivity index (χ0v) is 16.0. The van der Waals surface area contributed by atoms with E-state index in [1.165, 1.54) is 6.92 Å². The summed E-state index contributed by atoms with van der Waals surface area (Å²) in [5.74, 6) is 0.718. The number of amides is 1. The molecule has 0 saturated carbocycles. The lowest BCUT2D eigenvalue weighted by Crippen LogP contribution is -2.43. The molecule has 0 spiro atoms. The third kappa shape index (κ3) is 3.65. The Morgan fingerprint density at radius 1 is 1.15 bits per heavy atom. The van der Waals surface area contributed by atoms with Gasteiger partial charge in [-0.15, -0.1) is 10.2 Å². The molecule has 8 heteroatoms. The third-order valence-corrected chi connectivity index (χ3v) is 4.57. The number of ether oxygens (including phenoxy) is 2. The van der Waals surface area contributed by atoms with Crippen molar-refractivity contribution in [3.63, 3.8) is 0 Å². The average molecular weight is 373 g/mol. The average Bonchev–Trinajstić information content (AvgIpc) is 3.27. The number of carbonyl (C=O) groups is 2. The first-order valence-corrected chi connectivity index (χ1v) is 8.75. The molecular weight excluding hydrogens is 350 g/mol. The number of benzene rings is 1. The molecule has 3 rings (SSSR count). The van der Waals surface area contributed by atoms with Crippen molar-refractivity contribution < 1.29 is 23.5 Å². The lowest BCUT2D eigenvalue weighted by atomic mass is 9.84. The van der Waals surface area contributed by atoms with Gasteiger partial charge in [0.1, 0.15) is 0 Å². The minimum atomic E-state index is -0.718. The van der Waals surface area contributed by atoms with Crippen LogP contribution >= 0.6 is 0 Å². The van der Waals surface area contributed by atoms with Gasteiger partial charge in [-0.2, -0.15) is 0 Å². The van der Waals surface area contributed by atoms with Gasteiger partial charge in [0.15, 0.2) is 11.5 Å². The molecule has 0 aliphatic carbocycles. The van der Waals surface area contributed by atoms with Gasteiger partial charge in [0.2, 0.25) is 24.4 Å². The maximum atomic E-state index is 12.7. The van der Waals surface area contributed by atoms with Gasteiger partial charge in [0.25, 0.3) is 5.89 Å². The maximum absolute atomic E-state index is 12.7. The number of rotatable bonds is 6. The number of fused-ring (bicyclic) bond motifs is 1. The predicted molar refractivity (Wildman–Crippen MR) is 95.8 cm³/mol. The predicted octanol–water partition coefficient (Wildman–Crippen LogP) is 2.47. The Morgan fingerprint density at radius 3 is 2.52 bits per heavy atom. The van der Waals surface area contributed by atoms with Crippen LogP contribution in [-0.4, -0.2) is 34.7 Å². The number of hydrogen-bond donors (Lipinski definition) is 1. The van der Waals surface area contributed by atoms with Crippen molar-refractivity contribution in [1.29, 1.82) is 0 Å². The standard InChI is InChI=1S/C19H23N3O5/c1-10(2)15(20-11(3)23)16(24)17-21-22-18(27-17)19(4,5)12-6-7-13-14(8-12)26-9-25-13/h6-8,10,15H,9H2,1-5H3,(H,20,23). The molecule has 144 valence electrons. The van der Waals surface area contributed by atoms with Crippen molar-refractivity contribution >= 4 is 11.7 Å². The van der Waals surface area contributed by atoms with E-state index in [0.717, 1.165) is 5.56 Å². The summed E-state index contributed by atoms with van der Waals surface area (Å²) in [6.07, 6.45) is 0. The quantitative estimate of drug-likeness (QED) is 0.776. The van der Waals surface area contributed by atoms with Gasteiger partial charge < -0.3 is 19.2 Å². The summed E-state index contributed by atoms with van der Waals surface area (Å²) in [6.45, 7) is 9.07. The largest absolute Gasteiger partial charge is 0.454 e. The summed E-state index contributed by atoms with van der Waals surface area (Å²) in [5.41, 5.74) is 0.241. The highest BCUT2D eigenvalue weighted by Crippen LogP contribution is 2.38. The fraction of sp³-hybridized carbons (Fsp3) is 0.474. The second-order valence-electron chi connectivity index (χ2n) is 7.39. The van der Waals surface area contributed by atoms with Gasteiger partial charge in [-0.1, -0.05) is 19.9 Å². The number of carbonyl (C=O) groups excluding carboxylic acids is 2. The van der Waals surface area contributed by atoms with Crippen LogP contribution in [0.15, 0.2) is 22.6 Å². The number of ketones is 1. The summed E-state index contributed by atoms with van der Waals surface area (Å²) in [7, 11) is 0. The Bertz CT molecular complexity index is 872. The summed E-state index contributed by atoms with van der Waals surface area (Å²) in [6, 6.07) is 4.87. The molecule has 1 atom stereocenters. The first kappa shape index (κ1) is 18.9. The summed E-state index contributed by atoms with van der Waals surface area (Å²) >= 11 is 0. The van der Waals surface area contributed by atoms with E-state index in [-0.39, 0.29) is 24.5 Å². The Hall–Kier alpha value is -2.90. The Morgan fingerprint density at radius 2 is 1.85 bits per heavy atom. The second kappa shape index (κ2) is 7.02. The van der Waals surface area contributed by atoms with E-state index in [9.17, 15) is 9.59 Å². The Labute approximate surface area is 157 Å². The van der Waals surface area contributed by atoms with E-state index in [1.54, 1.807) is 0 Å². The lowest BCUT2D eigenvalue weighted by Gasteiger charge is -2.21. The van der Waals surface area contributed by atoms with Crippen molar-refractivity contribution in [1.82, 2.24) is 15.5 Å². The summed E-state index contributed by atoms with van der Waals surface area (Å²) < 4.78 is 16.5. The van der Waals surface area contributed by atoms with E-state index in [0.29, 0.717) is 17.4 Å². The van der Waals surface area contributed by atoms with Crippen LogP contribution < -0.4 is 14.8 Å². The Kier molecular flexibility index (Phi) is 4.91. The molecule has 2 aromatic rings. The van der Waals surface area contributed by atoms with E-state index < -0.39 is 17.2 Å². The highest BCUT2D eigenvalue weighted by molar-refractivity contribution is 5.98. The molecule has 1 aromatic carbocycles. The van der Waals surface area contributed by atoms with Crippen LogP contribution in [0.25, 0.3) is 0 Å². The second-order valence-corrected chi connectivity index (χ2v) is 7.39. The lowest BCUT2D eigenvalue weighted by molar-refractivity contribution is -0.119. The SMILES string of the molecule is CC(=O)NC(C(=O)c1nnc(C(C)(C)c2ccc3c(c2)OCO3)o1)C(C)C. The number of hydrogen-bond acceptors (Lipinski definition) is 7. The van der Waals surface area contributed by atoms with Gasteiger partial charge in [-0.05, 0) is 37.5 Å². The van der Waals surface area contributed by atoms with Crippen LogP contribution in [0.5, 0.6) is 11.5 Å². The molecule has 0 radical (unpaired) electrons. The zero-order valence-electron chi connectivity index (χ0n) is 16.0. The molecule has 8 nitrogen and oxygen atoms in total. The van der Waals surface area contributed by atoms with Crippen molar-refractivity contribution in [2.75, 3.05) is 6.79 Å². The van der Waals surface area contributed by atoms with Crippen LogP contribution in [0, 0.1) is 5.92 Å². The van der Waals surface area contributed by atoms with E-state index in [1.807, 2.05) is 45.9 Å². The molecular formula is C19H23N3O5. The van der Waals surface area contributed by atoms with E-state index in [4.69, 9.17) is 13.9 Å². The van der Waals surface area contributed by atoms with Crippen LogP contribution in [0.2, 0.25) is 0 Å². The molecule has 0 saturated heterocycles. The highest BCUT2D eigenvalue weighted by atomic mass is 16.7. The minimum absolute atomic E-state index is 0.112. The number of nitrogens with zero attached hydrogens (tertiary/aromatic N) is 2. The van der Waals surface area contributed by atoms with Crippen LogP contribution in [0.1, 0.15) is 56.8 Å². The van der Waals surface area contributed by atoms with Gasteiger partial charge in [-0.25, -0.2) is 0 Å². The van der Waals surface area contributed by atoms with Gasteiger partial charge in [0.05, 0.1) is 11.5 Å². The Balaban J connectivity index is 1.87. The van der Waals surface area contributed by atoms with Crippen molar-refractivity contribution in [2.45, 2.75) is 46.1 Å². The topological polar surface area (TPSA) is 104 Å². The fourth-order valence-corrected chi connectivity index (χ4v) is 2.87. The van der Waals surface area contributed by atoms with Crippen LogP contribution in [0.3, 0.4) is 0 Å². The molecule has 0 fully saturated rings. The highest BCUT2D eigenvalue weighted by Gasteiger charge is 2.34. The third-order valence-electron chi connectivity index (χ3n) is 4.57. The molecule has 2 heterocycles. The number of nitrogens with one attached hydrogen (secondary N) is 1. The first-order chi connectivity index (χ1) is 12.7. The summed E-state index contributed by atoms with van der Waals surface area (Å²) in [4.78, 5) is 24.1. The first-order valence-electron chi connectivity index (χ1n) is 8.75. The maximum Gasteiger partial charge on any atom is 0.286 e. The normalized spacial score (nSPS) is 14.3. The molecule has 0 bridgehead atoms. The molecule has 1 amide bonds. The van der Waals surface area contributed by atoms with Gasteiger partial charge in [-0.3, -0.25) is 9.59 Å². The molecule has 1 aliphatic rings. The fourth-order valence-electron chi connectivity index (χ4n) is 2.87. The van der Waals surface area contributed by atoms with Crippen LogP contribution in [0.4, 0.5) is 0 Å². The molecule has 1 aliphatic heterocycles. The minimum Gasteiger partial charge on any atom is -0.454 e. The number of Topliss-reactive ketones (excluding diaryl/α,β-unsaturated/α-hetero) is 1. The molecule has 1 aromatic heterocycles. The van der Waals surface area contributed by atoms with Crippen molar-refractivity contribution in [3.8, 4) is 11.5 Å². The van der Waals surface area contributed by atoms with Crippen LogP contribution in [-0.2, 0) is 10.2 Å². The van der Waals surface area contributed by atoms with Gasteiger partial charge in [0, 0.05) is 6.92 Å². The van der Waals surface area contributed by atoms with Gasteiger partial charge >= 0.3 is 0 Å². The van der Waals surface area contributed by atoms with E-state index in [2.05, 4.69) is 15.5 Å². The molecule has 1 N–H and O–H groups in total. The van der Waals surface area contributed by atoms with Crippen molar-refractivity contribution in [3.05, 3.63) is 35.5 Å². The van der Waals surface area contributed by atoms with E-state index >= 15 is 0 Å². The number of aromatic nitrogens is 2. The smallest absolute Gasteiger partial charge is 0.286 e.